The van der Waals surface area contributed by atoms with E-state index in [-0.39, 0.29) is 5.69 Å². The molecule has 0 radical (unpaired) electrons. The van der Waals surface area contributed by atoms with Gasteiger partial charge in [0, 0.05) is 12.6 Å². The molecule has 5 nitrogen and oxygen atoms in total. The Morgan fingerprint density at radius 2 is 2.11 bits per heavy atom. The number of carboxylic acid groups (broad SMARTS) is 1. The average Bonchev–Trinajstić information content (AvgIpc) is 2.66. The van der Waals surface area contributed by atoms with E-state index in [0.29, 0.717) is 21.8 Å². The second kappa shape index (κ2) is 4.66. The minimum Gasteiger partial charge on any atom is -0.496 e. The summed E-state index contributed by atoms with van der Waals surface area (Å²) in [5, 5.41) is 9.20. The molecule has 0 aliphatic carbocycles. The highest BCUT2D eigenvalue weighted by molar-refractivity contribution is 7.71. The van der Waals surface area contributed by atoms with Crippen LogP contribution in [0.4, 0.5) is 0 Å². The van der Waals surface area contributed by atoms with E-state index >= 15 is 0 Å². The third-order valence-electron chi connectivity index (χ3n) is 2.68. The Kier molecular flexibility index (Phi) is 3.20. The van der Waals surface area contributed by atoms with Crippen LogP contribution in [0.25, 0.3) is 11.3 Å². The monoisotopic (exact) mass is 264 g/mol. The number of rotatable bonds is 3. The van der Waals surface area contributed by atoms with Crippen LogP contribution in [0, 0.1) is 4.77 Å². The van der Waals surface area contributed by atoms with Gasteiger partial charge in [-0.2, -0.15) is 0 Å². The third kappa shape index (κ3) is 1.91. The van der Waals surface area contributed by atoms with E-state index in [1.807, 2.05) is 12.1 Å². The predicted molar refractivity (Wildman–Crippen MR) is 69.5 cm³/mol. The molecular formula is C12H12N2O3S. The van der Waals surface area contributed by atoms with Crippen molar-refractivity contribution in [1.29, 1.82) is 0 Å². The lowest BCUT2D eigenvalue weighted by atomic mass is 10.1. The van der Waals surface area contributed by atoms with Crippen LogP contribution >= 0.6 is 12.2 Å². The Morgan fingerprint density at radius 3 is 2.72 bits per heavy atom. The van der Waals surface area contributed by atoms with E-state index in [1.165, 1.54) is 0 Å². The molecule has 2 rings (SSSR count). The maximum atomic E-state index is 11.2. The van der Waals surface area contributed by atoms with E-state index in [4.69, 9.17) is 17.0 Å². The van der Waals surface area contributed by atoms with E-state index in [2.05, 4.69) is 4.98 Å². The highest BCUT2D eigenvalue weighted by Crippen LogP contribution is 2.31. The number of benzene rings is 1. The molecule has 18 heavy (non-hydrogen) atoms. The highest BCUT2D eigenvalue weighted by Gasteiger charge is 2.20. The van der Waals surface area contributed by atoms with Crippen LogP contribution in [0.1, 0.15) is 10.5 Å². The van der Waals surface area contributed by atoms with E-state index in [0.717, 1.165) is 0 Å². The Labute approximate surface area is 109 Å². The summed E-state index contributed by atoms with van der Waals surface area (Å²) in [6, 6.07) is 7.21. The first-order chi connectivity index (χ1) is 8.56. The normalized spacial score (nSPS) is 10.3. The summed E-state index contributed by atoms with van der Waals surface area (Å²) in [7, 11) is 3.26. The molecule has 0 aliphatic rings. The lowest BCUT2D eigenvalue weighted by molar-refractivity contribution is 0.0692. The van der Waals surface area contributed by atoms with Gasteiger partial charge >= 0.3 is 5.97 Å². The predicted octanol–water partition coefficient (Wildman–Crippen LogP) is 2.46. The van der Waals surface area contributed by atoms with Gasteiger partial charge in [0.05, 0.1) is 12.8 Å². The Morgan fingerprint density at radius 1 is 1.44 bits per heavy atom. The van der Waals surface area contributed by atoms with Crippen molar-refractivity contribution in [3.63, 3.8) is 0 Å². The number of H-pyrrole nitrogens is 1. The smallest absolute Gasteiger partial charge is 0.354 e. The number of nitrogens with zero attached hydrogens (tertiary/aromatic N) is 1. The van der Waals surface area contributed by atoms with Crippen LogP contribution in [-0.2, 0) is 7.05 Å². The van der Waals surface area contributed by atoms with Crippen molar-refractivity contribution in [2.75, 3.05) is 7.11 Å². The average molecular weight is 264 g/mol. The van der Waals surface area contributed by atoms with E-state index in [1.54, 1.807) is 30.9 Å². The summed E-state index contributed by atoms with van der Waals surface area (Å²) in [5.41, 5.74) is 1.25. The molecule has 0 atom stereocenters. The topological polar surface area (TPSA) is 67.2 Å². The van der Waals surface area contributed by atoms with Crippen LogP contribution in [0.5, 0.6) is 5.75 Å². The molecule has 1 heterocycles. The first-order valence-corrected chi connectivity index (χ1v) is 5.62. The van der Waals surface area contributed by atoms with Gasteiger partial charge in [0.25, 0.3) is 0 Å². The molecule has 2 N–H and O–H groups in total. The SMILES string of the molecule is COc1ccccc1-c1c(C(=O)O)[nH]c(=S)n1C. The maximum absolute atomic E-state index is 11.2. The molecule has 1 aromatic heterocycles. The summed E-state index contributed by atoms with van der Waals surface area (Å²) in [6.07, 6.45) is 0. The van der Waals surface area contributed by atoms with Crippen LogP contribution in [-0.4, -0.2) is 27.7 Å². The van der Waals surface area contributed by atoms with Crippen LogP contribution < -0.4 is 4.74 Å². The second-order valence-electron chi connectivity index (χ2n) is 3.72. The van der Waals surface area contributed by atoms with Gasteiger partial charge in [0.2, 0.25) is 0 Å². The van der Waals surface area contributed by atoms with Crippen LogP contribution in [0.2, 0.25) is 0 Å². The largest absolute Gasteiger partial charge is 0.496 e. The second-order valence-corrected chi connectivity index (χ2v) is 4.10. The van der Waals surface area contributed by atoms with Crippen molar-refractivity contribution in [3.8, 4) is 17.0 Å². The molecule has 0 fully saturated rings. The van der Waals surface area contributed by atoms with Crippen molar-refractivity contribution in [2.24, 2.45) is 7.05 Å². The zero-order valence-corrected chi connectivity index (χ0v) is 10.7. The number of nitrogens with one attached hydrogen (secondary N) is 1. The quantitative estimate of drug-likeness (QED) is 0.836. The Hall–Kier alpha value is -2.08. The number of aromatic nitrogens is 2. The summed E-state index contributed by atoms with van der Waals surface area (Å²) < 4.78 is 7.22. The summed E-state index contributed by atoms with van der Waals surface area (Å²) >= 11 is 5.06. The van der Waals surface area contributed by atoms with Crippen molar-refractivity contribution >= 4 is 18.2 Å². The van der Waals surface area contributed by atoms with Crippen LogP contribution in [0.15, 0.2) is 24.3 Å². The number of para-hydroxylation sites is 1. The fraction of sp³-hybridized carbons (Fsp3) is 0.167. The van der Waals surface area contributed by atoms with Gasteiger partial charge in [-0.05, 0) is 24.4 Å². The molecule has 0 spiro atoms. The first-order valence-electron chi connectivity index (χ1n) is 5.22. The van der Waals surface area contributed by atoms with Gasteiger partial charge < -0.3 is 19.4 Å². The maximum Gasteiger partial charge on any atom is 0.354 e. The zero-order valence-electron chi connectivity index (χ0n) is 9.93. The standard InChI is InChI=1S/C12H12N2O3S/c1-14-10(9(11(15)16)13-12(14)18)7-5-3-4-6-8(7)17-2/h3-6H,1-2H3,(H,13,18)(H,15,16). The number of hydrogen-bond donors (Lipinski definition) is 2. The highest BCUT2D eigenvalue weighted by atomic mass is 32.1. The first kappa shape index (κ1) is 12.4. The minimum atomic E-state index is -1.05. The number of carbonyl (C=O) groups is 1. The molecule has 1 aromatic carbocycles. The Bertz CT molecular complexity index is 658. The summed E-state index contributed by atoms with van der Waals surface area (Å²) in [4.78, 5) is 13.9. The van der Waals surface area contributed by atoms with E-state index in [9.17, 15) is 9.90 Å². The Balaban J connectivity index is 2.78. The van der Waals surface area contributed by atoms with E-state index < -0.39 is 5.97 Å². The summed E-state index contributed by atoms with van der Waals surface area (Å²) in [6.45, 7) is 0. The molecule has 6 heteroatoms. The fourth-order valence-corrected chi connectivity index (χ4v) is 2.02. The molecule has 0 unspecified atom stereocenters. The number of imidazole rings is 1. The molecule has 0 aliphatic heterocycles. The van der Waals surface area contributed by atoms with Gasteiger partial charge in [-0.3, -0.25) is 0 Å². The number of methoxy groups -OCH3 is 1. The number of hydrogen-bond acceptors (Lipinski definition) is 3. The molecule has 94 valence electrons. The molecular weight excluding hydrogens is 252 g/mol. The molecule has 2 aromatic rings. The van der Waals surface area contributed by atoms with Crippen molar-refractivity contribution in [1.82, 2.24) is 9.55 Å². The third-order valence-corrected chi connectivity index (χ3v) is 3.06. The number of ether oxygens (including phenoxy) is 1. The fourth-order valence-electron chi connectivity index (χ4n) is 1.83. The number of carboxylic acids is 1. The van der Waals surface area contributed by atoms with Gasteiger partial charge in [-0.25, -0.2) is 4.79 Å². The van der Waals surface area contributed by atoms with Crippen LogP contribution in [0.3, 0.4) is 0 Å². The number of aromatic amines is 1. The molecule has 0 saturated heterocycles. The van der Waals surface area contributed by atoms with Gasteiger partial charge in [0.1, 0.15) is 5.75 Å². The lowest BCUT2D eigenvalue weighted by Gasteiger charge is -2.09. The lowest BCUT2D eigenvalue weighted by Crippen LogP contribution is -2.02. The number of aromatic carboxylic acids is 1. The molecule has 0 saturated carbocycles. The van der Waals surface area contributed by atoms with Gasteiger partial charge in [-0.15, -0.1) is 0 Å². The minimum absolute atomic E-state index is 0.0620. The zero-order chi connectivity index (χ0) is 13.3. The van der Waals surface area contributed by atoms with Gasteiger partial charge in [-0.1, -0.05) is 12.1 Å². The van der Waals surface area contributed by atoms with Crippen molar-refractivity contribution in [2.45, 2.75) is 0 Å². The molecule has 0 amide bonds. The van der Waals surface area contributed by atoms with Crippen molar-refractivity contribution < 1.29 is 14.6 Å². The summed E-state index contributed by atoms with van der Waals surface area (Å²) in [5.74, 6) is -0.452. The molecule has 0 bridgehead atoms. The van der Waals surface area contributed by atoms with Crippen molar-refractivity contribution in [3.05, 3.63) is 34.7 Å². The van der Waals surface area contributed by atoms with Gasteiger partial charge in [0.15, 0.2) is 10.5 Å².